The number of hydrogen-bond acceptors (Lipinski definition) is 7. The van der Waals surface area contributed by atoms with Crippen molar-refractivity contribution in [2.45, 2.75) is 32.3 Å². The van der Waals surface area contributed by atoms with Gasteiger partial charge in [0, 0.05) is 32.6 Å². The van der Waals surface area contributed by atoms with Crippen molar-refractivity contribution in [1.82, 2.24) is 19.4 Å². The van der Waals surface area contributed by atoms with Crippen molar-refractivity contribution in [2.75, 3.05) is 19.1 Å². The fourth-order valence-electron chi connectivity index (χ4n) is 4.85. The Labute approximate surface area is 233 Å². The minimum atomic E-state index is -0.816. The van der Waals surface area contributed by atoms with Crippen molar-refractivity contribution in [1.29, 1.82) is 0 Å². The van der Waals surface area contributed by atoms with Crippen LogP contribution in [0.15, 0.2) is 46.4 Å². The minimum Gasteiger partial charge on any atom is -0.481 e. The van der Waals surface area contributed by atoms with E-state index < -0.39 is 29.7 Å². The molecular formula is C26H25Cl2FN6O4. The first kappa shape index (κ1) is 26.9. The zero-order valence-corrected chi connectivity index (χ0v) is 23.2. The number of rotatable bonds is 5. The quantitative estimate of drug-likeness (QED) is 0.488. The van der Waals surface area contributed by atoms with E-state index in [-0.39, 0.29) is 27.7 Å². The Hall–Kier alpha value is -3.67. The van der Waals surface area contributed by atoms with E-state index in [1.807, 2.05) is 18.4 Å². The summed E-state index contributed by atoms with van der Waals surface area (Å²) in [5.74, 6) is -0.378. The van der Waals surface area contributed by atoms with Crippen LogP contribution in [0.4, 0.5) is 10.1 Å². The van der Waals surface area contributed by atoms with Crippen molar-refractivity contribution in [3.8, 4) is 0 Å². The molecule has 2 atom stereocenters. The Kier molecular flexibility index (Phi) is 7.00. The highest BCUT2D eigenvalue weighted by Crippen LogP contribution is 2.44. The third-order valence-electron chi connectivity index (χ3n) is 6.56. The Bertz CT molecular complexity index is 1590. The Morgan fingerprint density at radius 3 is 2.49 bits per heavy atom. The average molecular weight is 575 g/mol. The summed E-state index contributed by atoms with van der Waals surface area (Å²) < 4.78 is 28.7. The molecule has 4 heterocycles. The lowest BCUT2D eigenvalue weighted by molar-refractivity contribution is 0.0902. The maximum absolute atomic E-state index is 14.8. The number of carbonyl (C=O) groups is 1. The van der Waals surface area contributed by atoms with Crippen molar-refractivity contribution in [3.63, 3.8) is 0 Å². The summed E-state index contributed by atoms with van der Waals surface area (Å²) in [6.45, 7) is 3.89. The average Bonchev–Trinajstić information content (AvgIpc) is 3.43. The molecule has 0 radical (unpaired) electrons. The van der Waals surface area contributed by atoms with Crippen molar-refractivity contribution < 1.29 is 18.7 Å². The predicted molar refractivity (Wildman–Crippen MR) is 146 cm³/mol. The fourth-order valence-corrected chi connectivity index (χ4v) is 5.21. The number of imidazole rings is 1. The van der Waals surface area contributed by atoms with Crippen LogP contribution in [0.2, 0.25) is 10.0 Å². The second kappa shape index (κ2) is 10.1. The standard InChI is InChI=1S/C26H25Cl2FN6O4/c1-12(2)34-21-19(31-22(34)15-10-30-26(39-5)32-23(15)38-4)25(37)35(14-9-17(28)24(36)33(3)11-14)20(21)13-6-7-16(27)18(29)8-13/h6-12,20,26,30H,1-5H3. The Morgan fingerprint density at radius 1 is 1.13 bits per heavy atom. The summed E-state index contributed by atoms with van der Waals surface area (Å²) in [5, 5.41) is 2.91. The van der Waals surface area contributed by atoms with Crippen LogP contribution in [0.5, 0.6) is 0 Å². The van der Waals surface area contributed by atoms with Crippen LogP contribution in [0.25, 0.3) is 5.57 Å². The largest absolute Gasteiger partial charge is 0.481 e. The molecule has 2 aromatic heterocycles. The van der Waals surface area contributed by atoms with Crippen LogP contribution >= 0.6 is 23.2 Å². The highest BCUT2D eigenvalue weighted by Gasteiger charge is 2.46. The normalized spacial score (nSPS) is 18.7. The van der Waals surface area contributed by atoms with Crippen molar-refractivity contribution in [2.24, 2.45) is 12.0 Å². The number of methoxy groups -OCH3 is 2. The van der Waals surface area contributed by atoms with Gasteiger partial charge in [-0.2, -0.15) is 4.99 Å². The van der Waals surface area contributed by atoms with Gasteiger partial charge in [-0.25, -0.2) is 9.37 Å². The molecule has 2 aliphatic rings. The van der Waals surface area contributed by atoms with Gasteiger partial charge in [-0.15, -0.1) is 0 Å². The molecule has 0 aliphatic carbocycles. The van der Waals surface area contributed by atoms with E-state index in [0.29, 0.717) is 28.3 Å². The van der Waals surface area contributed by atoms with Gasteiger partial charge in [0.1, 0.15) is 22.7 Å². The summed E-state index contributed by atoms with van der Waals surface area (Å²) in [6.07, 6.45) is 2.53. The molecule has 1 N–H and O–H groups in total. The van der Waals surface area contributed by atoms with Crippen LogP contribution in [0.3, 0.4) is 0 Å². The number of ether oxygens (including phenoxy) is 2. The Morgan fingerprint density at radius 2 is 1.87 bits per heavy atom. The number of anilines is 1. The summed E-state index contributed by atoms with van der Waals surface area (Å²) >= 11 is 12.2. The molecular weight excluding hydrogens is 550 g/mol. The lowest BCUT2D eigenvalue weighted by Crippen LogP contribution is -2.33. The van der Waals surface area contributed by atoms with Gasteiger partial charge in [0.05, 0.1) is 29.1 Å². The summed E-state index contributed by atoms with van der Waals surface area (Å²) in [6, 6.07) is 4.79. The van der Waals surface area contributed by atoms with Gasteiger partial charge in [-0.3, -0.25) is 14.5 Å². The van der Waals surface area contributed by atoms with E-state index >= 15 is 0 Å². The zero-order chi connectivity index (χ0) is 28.2. The molecule has 0 fully saturated rings. The molecule has 39 heavy (non-hydrogen) atoms. The molecule has 0 bridgehead atoms. The van der Waals surface area contributed by atoms with Gasteiger partial charge in [-0.05, 0) is 37.6 Å². The molecule has 10 nitrogen and oxygen atoms in total. The molecule has 0 saturated heterocycles. The molecule has 2 unspecified atom stereocenters. The number of benzene rings is 1. The van der Waals surface area contributed by atoms with Crippen LogP contribution < -0.4 is 15.8 Å². The predicted octanol–water partition coefficient (Wildman–Crippen LogP) is 4.28. The molecule has 5 rings (SSSR count). The van der Waals surface area contributed by atoms with Crippen LogP contribution in [0, 0.1) is 5.82 Å². The minimum absolute atomic E-state index is 0.0508. The zero-order valence-electron chi connectivity index (χ0n) is 21.7. The molecule has 2 aliphatic heterocycles. The first-order valence-corrected chi connectivity index (χ1v) is 12.7. The second-order valence-corrected chi connectivity index (χ2v) is 10.1. The number of halogens is 3. The Balaban J connectivity index is 1.77. The van der Waals surface area contributed by atoms with Gasteiger partial charge in [0.25, 0.3) is 11.5 Å². The summed E-state index contributed by atoms with van der Waals surface area (Å²) in [5.41, 5.74) is 1.60. The number of hydrogen-bond donors (Lipinski definition) is 1. The number of nitrogens with zero attached hydrogens (tertiary/aromatic N) is 5. The molecule has 0 saturated carbocycles. The smallest absolute Gasteiger partial charge is 0.279 e. The van der Waals surface area contributed by atoms with Crippen molar-refractivity contribution >= 4 is 46.3 Å². The number of nitrogens with one attached hydrogen (secondary N) is 1. The van der Waals surface area contributed by atoms with Gasteiger partial charge < -0.3 is 23.9 Å². The van der Waals surface area contributed by atoms with Gasteiger partial charge >= 0.3 is 0 Å². The summed E-state index contributed by atoms with van der Waals surface area (Å²) in [4.78, 5) is 36.9. The lowest BCUT2D eigenvalue weighted by atomic mass is 10.0. The van der Waals surface area contributed by atoms with Gasteiger partial charge in [0.2, 0.25) is 12.2 Å². The van der Waals surface area contributed by atoms with E-state index in [2.05, 4.69) is 10.3 Å². The second-order valence-electron chi connectivity index (χ2n) is 9.30. The highest BCUT2D eigenvalue weighted by atomic mass is 35.5. The topological polar surface area (TPSA) is 103 Å². The van der Waals surface area contributed by atoms with Gasteiger partial charge in [-0.1, -0.05) is 29.3 Å². The van der Waals surface area contributed by atoms with Crippen molar-refractivity contribution in [3.05, 3.63) is 85.7 Å². The van der Waals surface area contributed by atoms with E-state index in [1.165, 1.54) is 55.1 Å². The third-order valence-corrected chi connectivity index (χ3v) is 7.14. The van der Waals surface area contributed by atoms with E-state index in [1.54, 1.807) is 12.3 Å². The lowest BCUT2D eigenvalue weighted by Gasteiger charge is -2.29. The number of aromatic nitrogens is 3. The number of amides is 1. The van der Waals surface area contributed by atoms with E-state index in [4.69, 9.17) is 37.7 Å². The van der Waals surface area contributed by atoms with Crippen LogP contribution in [0.1, 0.15) is 53.5 Å². The van der Waals surface area contributed by atoms with Gasteiger partial charge in [0.15, 0.2) is 5.69 Å². The van der Waals surface area contributed by atoms with E-state index in [0.717, 1.165) is 0 Å². The third kappa shape index (κ3) is 4.40. The van der Waals surface area contributed by atoms with E-state index in [9.17, 15) is 14.0 Å². The number of fused-ring (bicyclic) bond motifs is 1. The fraction of sp³-hybridized carbons (Fsp3) is 0.308. The molecule has 13 heteroatoms. The molecule has 3 aromatic rings. The number of carbonyl (C=O) groups excluding carboxylic acids is 1. The highest BCUT2D eigenvalue weighted by molar-refractivity contribution is 6.31. The summed E-state index contributed by atoms with van der Waals surface area (Å²) in [7, 11) is 4.52. The molecule has 204 valence electrons. The molecule has 1 amide bonds. The SMILES string of the molecule is COC1=NC(OC)NC=C1c1nc2c(n1C(C)C)C(c1ccc(Cl)c(F)c1)N(c1cc(Cl)c(=O)n(C)c1)C2=O. The van der Waals surface area contributed by atoms with Crippen LogP contribution in [-0.4, -0.2) is 46.5 Å². The molecule has 1 aromatic carbocycles. The number of pyridine rings is 1. The maximum Gasteiger partial charge on any atom is 0.279 e. The first-order valence-electron chi connectivity index (χ1n) is 12.0. The van der Waals surface area contributed by atoms with Crippen LogP contribution in [-0.2, 0) is 16.5 Å². The molecule has 0 spiro atoms. The number of aryl methyl sites for hydroxylation is 1. The monoisotopic (exact) mass is 574 g/mol. The first-order chi connectivity index (χ1) is 18.6. The number of aliphatic imine (C=N–C) groups is 1. The maximum atomic E-state index is 14.8.